The summed E-state index contributed by atoms with van der Waals surface area (Å²) in [5, 5.41) is 11.2. The first-order valence-electron chi connectivity index (χ1n) is 4.74. The summed E-state index contributed by atoms with van der Waals surface area (Å²) >= 11 is -0.224. The van der Waals surface area contributed by atoms with E-state index in [1.807, 2.05) is 0 Å². The summed E-state index contributed by atoms with van der Waals surface area (Å²) in [5.74, 6) is -1.82. The van der Waals surface area contributed by atoms with E-state index in [9.17, 15) is 22.8 Å². The Hall–Kier alpha value is -0.960. The van der Waals surface area contributed by atoms with Gasteiger partial charge in [-0.25, -0.2) is 0 Å². The molecule has 0 saturated carbocycles. The Morgan fingerprint density at radius 1 is 1.59 bits per heavy atom. The van der Waals surface area contributed by atoms with Crippen molar-refractivity contribution in [2.75, 3.05) is 25.4 Å². The number of carboxylic acid groups (broad SMARTS) is 1. The molecule has 1 rings (SSSR count). The average molecular weight is 272 g/mol. The molecule has 0 aliphatic carbocycles. The van der Waals surface area contributed by atoms with Crippen LogP contribution in [0, 0.1) is 0 Å². The molecule has 1 heterocycles. The predicted molar refractivity (Wildman–Crippen MR) is 54.5 cm³/mol. The molecule has 0 aromatic heterocycles. The van der Waals surface area contributed by atoms with E-state index in [4.69, 9.17) is 5.11 Å². The van der Waals surface area contributed by atoms with Crippen LogP contribution in [0.3, 0.4) is 0 Å². The van der Waals surface area contributed by atoms with E-state index in [-0.39, 0.29) is 43.1 Å². The lowest BCUT2D eigenvalue weighted by molar-refractivity contribution is -0.145. The van der Waals surface area contributed by atoms with Crippen LogP contribution in [0.15, 0.2) is 0 Å². The number of carbonyl (C=O) groups excluding carboxylic acids is 1. The van der Waals surface area contributed by atoms with Gasteiger partial charge < -0.3 is 10.4 Å². The molecule has 1 aliphatic heterocycles. The van der Waals surface area contributed by atoms with E-state index in [1.165, 1.54) is 4.90 Å². The van der Waals surface area contributed by atoms with Crippen molar-refractivity contribution in [2.45, 2.75) is 11.6 Å². The van der Waals surface area contributed by atoms with E-state index in [1.54, 1.807) is 0 Å². The van der Waals surface area contributed by atoms with E-state index < -0.39 is 17.5 Å². The largest absolute Gasteiger partial charge is 0.480 e. The molecule has 0 aromatic rings. The van der Waals surface area contributed by atoms with Crippen molar-refractivity contribution in [2.24, 2.45) is 0 Å². The van der Waals surface area contributed by atoms with Crippen molar-refractivity contribution < 1.29 is 27.9 Å². The lowest BCUT2D eigenvalue weighted by Gasteiger charge is -2.32. The molecule has 98 valence electrons. The van der Waals surface area contributed by atoms with E-state index in [0.29, 0.717) is 0 Å². The Labute approximate surface area is 99.3 Å². The lowest BCUT2D eigenvalue weighted by Crippen LogP contribution is -2.57. The number of nitrogens with one attached hydrogen (secondary N) is 1. The third-order valence-corrected chi connectivity index (χ3v) is 2.92. The van der Waals surface area contributed by atoms with Gasteiger partial charge in [-0.1, -0.05) is 0 Å². The summed E-state index contributed by atoms with van der Waals surface area (Å²) in [4.78, 5) is 23.1. The highest BCUT2D eigenvalue weighted by molar-refractivity contribution is 8.00. The van der Waals surface area contributed by atoms with Crippen LogP contribution in [-0.4, -0.2) is 58.8 Å². The van der Waals surface area contributed by atoms with Crippen LogP contribution in [0.2, 0.25) is 0 Å². The Morgan fingerprint density at radius 2 is 2.24 bits per heavy atom. The molecule has 1 atom stereocenters. The van der Waals surface area contributed by atoms with Crippen LogP contribution < -0.4 is 5.32 Å². The summed E-state index contributed by atoms with van der Waals surface area (Å²) in [6.07, 6.45) is 0. The molecule has 0 spiro atoms. The van der Waals surface area contributed by atoms with Crippen LogP contribution in [0.5, 0.6) is 0 Å². The molecule has 5 nitrogen and oxygen atoms in total. The van der Waals surface area contributed by atoms with Gasteiger partial charge in [0.2, 0.25) is 5.91 Å². The zero-order chi connectivity index (χ0) is 13.1. The molecule has 9 heteroatoms. The van der Waals surface area contributed by atoms with Crippen molar-refractivity contribution in [3.05, 3.63) is 0 Å². The number of nitrogens with zero attached hydrogens (tertiary/aromatic N) is 1. The number of alkyl halides is 3. The second kappa shape index (κ2) is 5.58. The van der Waals surface area contributed by atoms with Crippen molar-refractivity contribution in [3.8, 4) is 0 Å². The molecule has 0 aromatic carbocycles. The maximum Gasteiger partial charge on any atom is 0.441 e. The predicted octanol–water partition coefficient (Wildman–Crippen LogP) is 0.124. The summed E-state index contributed by atoms with van der Waals surface area (Å²) in [7, 11) is 0. The molecule has 1 fully saturated rings. The van der Waals surface area contributed by atoms with E-state index in [2.05, 4.69) is 5.32 Å². The summed E-state index contributed by atoms with van der Waals surface area (Å²) in [6.45, 7) is -0.352. The number of hydrogen-bond acceptors (Lipinski definition) is 4. The van der Waals surface area contributed by atoms with E-state index in [0.717, 1.165) is 0 Å². The van der Waals surface area contributed by atoms with Crippen molar-refractivity contribution >= 4 is 23.6 Å². The molecule has 0 bridgehead atoms. The first-order chi connectivity index (χ1) is 7.79. The van der Waals surface area contributed by atoms with Crippen LogP contribution in [0.4, 0.5) is 13.2 Å². The molecule has 0 radical (unpaired) electrons. The molecule has 1 aliphatic rings. The van der Waals surface area contributed by atoms with E-state index >= 15 is 0 Å². The van der Waals surface area contributed by atoms with Gasteiger partial charge in [0.05, 0.1) is 6.54 Å². The van der Waals surface area contributed by atoms with Crippen molar-refractivity contribution in [1.82, 2.24) is 10.2 Å². The van der Waals surface area contributed by atoms with Gasteiger partial charge in [-0.05, 0) is 11.8 Å². The smallest absolute Gasteiger partial charge is 0.441 e. The highest BCUT2D eigenvalue weighted by atomic mass is 32.2. The van der Waals surface area contributed by atoms with Crippen LogP contribution >= 0.6 is 11.8 Å². The fourth-order valence-corrected chi connectivity index (χ4v) is 2.00. The fourth-order valence-electron chi connectivity index (χ4n) is 1.45. The normalized spacial score (nSPS) is 22.3. The maximum atomic E-state index is 11.9. The Kier molecular flexibility index (Phi) is 4.63. The number of amides is 1. The third kappa shape index (κ3) is 4.82. The number of hydrogen-bond donors (Lipinski definition) is 2. The first kappa shape index (κ1) is 14.1. The summed E-state index contributed by atoms with van der Waals surface area (Å²) in [5.41, 5.74) is -4.34. The summed E-state index contributed by atoms with van der Waals surface area (Å²) in [6, 6.07) is -0.957. The number of rotatable bonds is 4. The molecule has 1 unspecified atom stereocenters. The zero-order valence-corrected chi connectivity index (χ0v) is 9.48. The first-order valence-corrected chi connectivity index (χ1v) is 5.72. The number of carbonyl (C=O) groups is 2. The zero-order valence-electron chi connectivity index (χ0n) is 8.66. The van der Waals surface area contributed by atoms with Crippen LogP contribution in [0.1, 0.15) is 0 Å². The van der Waals surface area contributed by atoms with Gasteiger partial charge in [-0.3, -0.25) is 14.5 Å². The number of halogens is 3. The Morgan fingerprint density at radius 3 is 2.76 bits per heavy atom. The third-order valence-electron chi connectivity index (χ3n) is 2.21. The molecule has 2 N–H and O–H groups in total. The number of thioether (sulfide) groups is 1. The molecular weight excluding hydrogens is 261 g/mol. The quantitative estimate of drug-likeness (QED) is 0.761. The van der Waals surface area contributed by atoms with Crippen molar-refractivity contribution in [1.29, 1.82) is 0 Å². The second-order valence-corrected chi connectivity index (χ2v) is 4.58. The summed E-state index contributed by atoms with van der Waals surface area (Å²) < 4.78 is 35.7. The van der Waals surface area contributed by atoms with Crippen LogP contribution in [0.25, 0.3) is 0 Å². The highest BCUT2D eigenvalue weighted by Crippen LogP contribution is 2.29. The van der Waals surface area contributed by atoms with Gasteiger partial charge in [0.15, 0.2) is 0 Å². The van der Waals surface area contributed by atoms with Gasteiger partial charge in [0.1, 0.15) is 6.04 Å². The fraction of sp³-hybridized carbons (Fsp3) is 0.750. The van der Waals surface area contributed by atoms with Gasteiger partial charge in [0.25, 0.3) is 0 Å². The highest BCUT2D eigenvalue weighted by Gasteiger charge is 2.33. The minimum atomic E-state index is -4.34. The average Bonchev–Trinajstić information content (AvgIpc) is 2.15. The SMILES string of the molecule is O=C1CN(CCSC(F)(F)F)C(C(=O)O)CN1. The maximum absolute atomic E-state index is 11.9. The van der Waals surface area contributed by atoms with Gasteiger partial charge in [-0.15, -0.1) is 0 Å². The lowest BCUT2D eigenvalue weighted by atomic mass is 10.2. The molecule has 17 heavy (non-hydrogen) atoms. The molecular formula is C8H11F3N2O3S. The van der Waals surface area contributed by atoms with Gasteiger partial charge in [0, 0.05) is 18.8 Å². The Bertz CT molecular complexity index is 311. The number of piperazine rings is 1. The van der Waals surface area contributed by atoms with Gasteiger partial charge >= 0.3 is 11.5 Å². The molecule has 1 saturated heterocycles. The topological polar surface area (TPSA) is 69.6 Å². The van der Waals surface area contributed by atoms with Crippen molar-refractivity contribution in [3.63, 3.8) is 0 Å². The standard InChI is InChI=1S/C8H11F3N2O3S/c9-8(10,11)17-2-1-13-4-6(14)12-3-5(13)7(15)16/h5H,1-4H2,(H,12,14)(H,15,16). The number of carboxylic acids is 1. The molecule has 1 amide bonds. The van der Waals surface area contributed by atoms with Crippen LogP contribution in [-0.2, 0) is 9.59 Å². The monoisotopic (exact) mass is 272 g/mol. The van der Waals surface area contributed by atoms with Gasteiger partial charge in [-0.2, -0.15) is 13.2 Å². The minimum absolute atomic E-state index is 0.0785. The minimum Gasteiger partial charge on any atom is -0.480 e. The Balaban J connectivity index is 2.47. The number of aliphatic carboxylic acids is 1. The second-order valence-electron chi connectivity index (χ2n) is 3.42.